The zero-order valence-corrected chi connectivity index (χ0v) is 8.05. The van der Waals surface area contributed by atoms with Crippen LogP contribution in [0.2, 0.25) is 0 Å². The van der Waals surface area contributed by atoms with Gasteiger partial charge in [-0.15, -0.1) is 0 Å². The molecule has 0 bridgehead atoms. The van der Waals surface area contributed by atoms with Crippen molar-refractivity contribution >= 4 is 11.8 Å². The molecule has 0 spiro atoms. The minimum Gasteiger partial charge on any atom is -0.370 e. The van der Waals surface area contributed by atoms with Crippen molar-refractivity contribution in [3.05, 3.63) is 0 Å². The Labute approximate surface area is 72.7 Å². The summed E-state index contributed by atoms with van der Waals surface area (Å²) in [7, 11) is 3.32. The van der Waals surface area contributed by atoms with Crippen molar-refractivity contribution in [2.75, 3.05) is 14.1 Å². The Morgan fingerprint density at radius 1 is 1.33 bits per heavy atom. The Morgan fingerprint density at radius 2 is 1.75 bits per heavy atom. The maximum atomic E-state index is 11.4. The Balaban J connectivity index is 4.39. The molecule has 0 rings (SSSR count). The summed E-state index contributed by atoms with van der Waals surface area (Å²) in [6, 6.07) is 0. The van der Waals surface area contributed by atoms with E-state index in [1.165, 1.54) is 4.90 Å². The van der Waals surface area contributed by atoms with Crippen molar-refractivity contribution in [3.8, 4) is 0 Å². The molecule has 0 atom stereocenters. The number of amides is 2. The summed E-state index contributed by atoms with van der Waals surface area (Å²) in [5.74, 6) is -0.531. The summed E-state index contributed by atoms with van der Waals surface area (Å²) in [6.45, 7) is 3.42. The van der Waals surface area contributed by atoms with Crippen molar-refractivity contribution in [3.63, 3.8) is 0 Å². The second-order valence-corrected chi connectivity index (χ2v) is 3.73. The first-order valence-corrected chi connectivity index (χ1v) is 3.77. The van der Waals surface area contributed by atoms with Crippen molar-refractivity contribution in [2.24, 2.45) is 11.1 Å². The van der Waals surface area contributed by atoms with E-state index >= 15 is 0 Å². The molecule has 0 aliphatic heterocycles. The number of hydrogen-bond donors (Lipinski definition) is 1. The van der Waals surface area contributed by atoms with E-state index < -0.39 is 11.3 Å². The van der Waals surface area contributed by atoms with Crippen molar-refractivity contribution in [1.29, 1.82) is 0 Å². The van der Waals surface area contributed by atoms with E-state index in [2.05, 4.69) is 0 Å². The zero-order chi connectivity index (χ0) is 9.94. The monoisotopic (exact) mass is 172 g/mol. The fourth-order valence-electron chi connectivity index (χ4n) is 1.12. The third kappa shape index (κ3) is 2.90. The van der Waals surface area contributed by atoms with Crippen molar-refractivity contribution < 1.29 is 9.59 Å². The lowest BCUT2D eigenvalue weighted by Crippen LogP contribution is -2.38. The van der Waals surface area contributed by atoms with Gasteiger partial charge in [-0.05, 0) is 0 Å². The maximum Gasteiger partial charge on any atom is 0.228 e. The van der Waals surface area contributed by atoms with Crippen LogP contribution in [0.5, 0.6) is 0 Å². The van der Waals surface area contributed by atoms with E-state index in [9.17, 15) is 9.59 Å². The molecule has 0 aromatic heterocycles. The molecule has 70 valence electrons. The van der Waals surface area contributed by atoms with Crippen LogP contribution in [-0.4, -0.2) is 30.8 Å². The third-order valence-electron chi connectivity index (χ3n) is 1.60. The summed E-state index contributed by atoms with van der Waals surface area (Å²) in [4.78, 5) is 23.5. The number of nitrogens with two attached hydrogens (primary N) is 1. The molecule has 4 nitrogen and oxygen atoms in total. The lowest BCUT2D eigenvalue weighted by molar-refractivity contribution is -0.140. The number of carbonyl (C=O) groups is 2. The number of rotatable bonds is 3. The first kappa shape index (κ1) is 10.9. The molecule has 12 heavy (non-hydrogen) atoms. The van der Waals surface area contributed by atoms with Gasteiger partial charge in [0.05, 0.1) is 5.41 Å². The number of carbonyl (C=O) groups excluding carboxylic acids is 2. The van der Waals surface area contributed by atoms with E-state index in [-0.39, 0.29) is 12.3 Å². The number of primary amides is 1. The molecule has 0 aliphatic rings. The van der Waals surface area contributed by atoms with Crippen LogP contribution < -0.4 is 5.73 Å². The van der Waals surface area contributed by atoms with E-state index in [0.29, 0.717) is 0 Å². The average molecular weight is 172 g/mol. The lowest BCUT2D eigenvalue weighted by Gasteiger charge is -2.25. The largest absolute Gasteiger partial charge is 0.370 e. The molecule has 0 aromatic carbocycles. The maximum absolute atomic E-state index is 11.4. The second-order valence-electron chi connectivity index (χ2n) is 3.73. The van der Waals surface area contributed by atoms with Gasteiger partial charge in [0.2, 0.25) is 11.8 Å². The zero-order valence-electron chi connectivity index (χ0n) is 8.05. The highest BCUT2D eigenvalue weighted by Gasteiger charge is 2.30. The normalized spacial score (nSPS) is 11.0. The molecule has 0 aliphatic carbocycles. The summed E-state index contributed by atoms with van der Waals surface area (Å²) < 4.78 is 0. The van der Waals surface area contributed by atoms with Gasteiger partial charge in [0.25, 0.3) is 0 Å². The van der Waals surface area contributed by atoms with Crippen LogP contribution >= 0.6 is 0 Å². The molecule has 0 saturated carbocycles. The molecule has 0 saturated heterocycles. The fourth-order valence-corrected chi connectivity index (χ4v) is 1.12. The van der Waals surface area contributed by atoms with Gasteiger partial charge in [-0.1, -0.05) is 13.8 Å². The number of hydrogen-bond acceptors (Lipinski definition) is 2. The Morgan fingerprint density at radius 3 is 2.00 bits per heavy atom. The average Bonchev–Trinajstić information content (AvgIpc) is 1.82. The molecule has 0 heterocycles. The van der Waals surface area contributed by atoms with Crippen LogP contribution in [0, 0.1) is 5.41 Å². The van der Waals surface area contributed by atoms with E-state index in [4.69, 9.17) is 5.73 Å². The highest BCUT2D eigenvalue weighted by molar-refractivity contribution is 5.87. The van der Waals surface area contributed by atoms with E-state index in [1.54, 1.807) is 27.9 Å². The topological polar surface area (TPSA) is 63.4 Å². The van der Waals surface area contributed by atoms with Gasteiger partial charge in [0, 0.05) is 20.5 Å². The SMILES string of the molecule is CN(C)C(=O)C(C)(C)CC(N)=O. The van der Waals surface area contributed by atoms with E-state index in [0.717, 1.165) is 0 Å². The third-order valence-corrected chi connectivity index (χ3v) is 1.60. The first-order valence-electron chi connectivity index (χ1n) is 3.77. The van der Waals surface area contributed by atoms with Crippen LogP contribution in [0.25, 0.3) is 0 Å². The summed E-state index contributed by atoms with van der Waals surface area (Å²) in [5, 5.41) is 0. The van der Waals surface area contributed by atoms with Crippen LogP contribution in [-0.2, 0) is 9.59 Å². The quantitative estimate of drug-likeness (QED) is 0.650. The van der Waals surface area contributed by atoms with E-state index in [1.807, 2.05) is 0 Å². The van der Waals surface area contributed by atoms with Gasteiger partial charge in [0.1, 0.15) is 0 Å². The second kappa shape index (κ2) is 3.56. The smallest absolute Gasteiger partial charge is 0.228 e. The summed E-state index contributed by atoms with van der Waals surface area (Å²) in [6.07, 6.45) is 0.0873. The predicted octanol–water partition coefficient (Wildman–Crippen LogP) is -0.0238. The van der Waals surface area contributed by atoms with Gasteiger partial charge >= 0.3 is 0 Å². The van der Waals surface area contributed by atoms with Crippen LogP contribution in [0.4, 0.5) is 0 Å². The summed E-state index contributed by atoms with van der Waals surface area (Å²) in [5.41, 5.74) is 4.32. The molecular weight excluding hydrogens is 156 g/mol. The van der Waals surface area contributed by atoms with Crippen molar-refractivity contribution in [1.82, 2.24) is 4.90 Å². The Kier molecular flexibility index (Phi) is 3.24. The molecule has 0 aromatic rings. The van der Waals surface area contributed by atoms with Gasteiger partial charge < -0.3 is 10.6 Å². The van der Waals surface area contributed by atoms with Gasteiger partial charge in [-0.25, -0.2) is 0 Å². The fraction of sp³-hybridized carbons (Fsp3) is 0.750. The summed E-state index contributed by atoms with van der Waals surface area (Å²) >= 11 is 0. The van der Waals surface area contributed by atoms with Crippen LogP contribution in [0.1, 0.15) is 20.3 Å². The Hall–Kier alpha value is -1.06. The van der Waals surface area contributed by atoms with Gasteiger partial charge in [0.15, 0.2) is 0 Å². The lowest BCUT2D eigenvalue weighted by atomic mass is 9.87. The van der Waals surface area contributed by atoms with Gasteiger partial charge in [-0.3, -0.25) is 9.59 Å². The highest BCUT2D eigenvalue weighted by Crippen LogP contribution is 2.21. The van der Waals surface area contributed by atoms with Gasteiger partial charge in [-0.2, -0.15) is 0 Å². The van der Waals surface area contributed by atoms with Crippen LogP contribution in [0.15, 0.2) is 0 Å². The Bertz CT molecular complexity index is 197. The molecule has 2 N–H and O–H groups in total. The minimum absolute atomic E-state index is 0.0821. The molecule has 0 fully saturated rings. The molecule has 4 heteroatoms. The first-order chi connectivity index (χ1) is 5.27. The number of nitrogens with zero attached hydrogens (tertiary/aromatic N) is 1. The molecular formula is C8H16N2O2. The minimum atomic E-state index is -0.685. The molecule has 2 amide bonds. The van der Waals surface area contributed by atoms with Crippen molar-refractivity contribution in [2.45, 2.75) is 20.3 Å². The predicted molar refractivity (Wildman–Crippen MR) is 46.3 cm³/mol. The van der Waals surface area contributed by atoms with Crippen LogP contribution in [0.3, 0.4) is 0 Å². The molecule has 0 radical (unpaired) electrons. The molecule has 0 unspecified atom stereocenters. The highest BCUT2D eigenvalue weighted by atomic mass is 16.2. The standard InChI is InChI=1S/C8H16N2O2/c1-8(2,5-6(9)11)7(12)10(3)4/h5H2,1-4H3,(H2,9,11).